The molecule has 44 heavy (non-hydrogen) atoms. The fraction of sp³-hybridized carbons (Fsp3) is 0.788. The molecule has 1 atom stereocenters. The number of methoxy groups -OCH3 is 1. The zero-order valence-corrected chi connectivity index (χ0v) is 27.5. The maximum Gasteiger partial charge on any atom is 0.410 e. The molecule has 1 spiro atoms. The number of rotatable bonds is 7. The number of carbonyl (C=O) groups excluding carboxylic acids is 3. The van der Waals surface area contributed by atoms with Crippen molar-refractivity contribution in [2.24, 2.45) is 11.8 Å². The Labute approximate surface area is 262 Å². The predicted octanol–water partition coefficient (Wildman–Crippen LogP) is 4.66. The van der Waals surface area contributed by atoms with E-state index < -0.39 is 5.60 Å². The summed E-state index contributed by atoms with van der Waals surface area (Å²) in [7, 11) is 1.42. The number of likely N-dealkylation sites (tertiary alicyclic amines) is 3. The Morgan fingerprint density at radius 2 is 1.61 bits per heavy atom. The van der Waals surface area contributed by atoms with Crippen LogP contribution in [0, 0.1) is 25.7 Å². The van der Waals surface area contributed by atoms with Crippen molar-refractivity contribution in [1.29, 1.82) is 0 Å². The zero-order chi connectivity index (χ0) is 31.5. The standard InChI is InChI=1S/C33H52N6O5/c1-6-7-8-27-22-38(21-26-9-15-37(16-10-26)30(41)43-5)31(42)44-33(27)13-19-39(20-14-33)32(4)11-17-36(18-12-32)29(40)28-24(2)34-23-35-25(28)3/h23,26-27H,6-22H2,1-5H3. The van der Waals surface area contributed by atoms with Crippen molar-refractivity contribution in [2.75, 3.05) is 59.5 Å². The fourth-order valence-corrected chi connectivity index (χ4v) is 8.03. The first-order valence-electron chi connectivity index (χ1n) is 16.7. The van der Waals surface area contributed by atoms with Gasteiger partial charge in [0.2, 0.25) is 0 Å². The highest BCUT2D eigenvalue weighted by Gasteiger charge is 2.51. The maximum absolute atomic E-state index is 13.4. The molecular weight excluding hydrogens is 560 g/mol. The van der Waals surface area contributed by atoms with E-state index in [1.54, 1.807) is 4.90 Å². The Balaban J connectivity index is 1.17. The lowest BCUT2D eigenvalue weighted by Crippen LogP contribution is -2.64. The molecular formula is C33H52N6O5. The van der Waals surface area contributed by atoms with Crippen molar-refractivity contribution >= 4 is 18.1 Å². The highest BCUT2D eigenvalue weighted by molar-refractivity contribution is 5.96. The van der Waals surface area contributed by atoms with Gasteiger partial charge in [-0.2, -0.15) is 0 Å². The van der Waals surface area contributed by atoms with Crippen molar-refractivity contribution in [3.8, 4) is 0 Å². The van der Waals surface area contributed by atoms with E-state index in [1.807, 2.05) is 23.6 Å². The second-order valence-corrected chi connectivity index (χ2v) is 13.8. The highest BCUT2D eigenvalue weighted by Crippen LogP contribution is 2.43. The largest absolute Gasteiger partial charge is 0.453 e. The molecule has 4 aliphatic heterocycles. The van der Waals surface area contributed by atoms with Gasteiger partial charge in [-0.1, -0.05) is 19.8 Å². The molecule has 1 aromatic rings. The van der Waals surface area contributed by atoms with Gasteiger partial charge in [0, 0.05) is 76.7 Å². The van der Waals surface area contributed by atoms with Gasteiger partial charge >= 0.3 is 12.2 Å². The van der Waals surface area contributed by atoms with Gasteiger partial charge in [0.15, 0.2) is 0 Å². The summed E-state index contributed by atoms with van der Waals surface area (Å²) in [5.74, 6) is 0.724. The van der Waals surface area contributed by atoms with E-state index in [1.165, 1.54) is 13.4 Å². The van der Waals surface area contributed by atoms with Crippen molar-refractivity contribution in [1.82, 2.24) is 29.6 Å². The van der Waals surface area contributed by atoms with Gasteiger partial charge < -0.3 is 24.2 Å². The SMILES string of the molecule is CCCCC1CN(CC2CCN(C(=O)OC)CC2)C(=O)OC12CCN(C1(C)CCN(C(=O)c3c(C)ncnc3C)CC1)CC2. The van der Waals surface area contributed by atoms with Crippen LogP contribution in [0.1, 0.15) is 93.4 Å². The van der Waals surface area contributed by atoms with Gasteiger partial charge in [-0.25, -0.2) is 19.6 Å². The van der Waals surface area contributed by atoms with Gasteiger partial charge in [0.25, 0.3) is 5.91 Å². The Morgan fingerprint density at radius 1 is 0.977 bits per heavy atom. The first kappa shape index (κ1) is 32.4. The van der Waals surface area contributed by atoms with Crippen LogP contribution >= 0.6 is 0 Å². The Morgan fingerprint density at radius 3 is 2.20 bits per heavy atom. The van der Waals surface area contributed by atoms with E-state index in [0.717, 1.165) is 88.8 Å². The smallest absolute Gasteiger partial charge is 0.410 e. The number of nitrogens with zero attached hydrogens (tertiary/aromatic N) is 6. The second kappa shape index (κ2) is 13.6. The van der Waals surface area contributed by atoms with Crippen LogP contribution in [0.4, 0.5) is 9.59 Å². The molecule has 0 aliphatic carbocycles. The van der Waals surface area contributed by atoms with Gasteiger partial charge in [0.05, 0.1) is 24.1 Å². The van der Waals surface area contributed by atoms with Crippen LogP contribution in [0.5, 0.6) is 0 Å². The molecule has 0 aromatic carbocycles. The lowest BCUT2D eigenvalue weighted by Gasteiger charge is -2.55. The van der Waals surface area contributed by atoms with Gasteiger partial charge in [-0.15, -0.1) is 0 Å². The molecule has 4 aliphatic rings. The third-order valence-electron chi connectivity index (χ3n) is 11.1. The summed E-state index contributed by atoms with van der Waals surface area (Å²) < 4.78 is 11.3. The van der Waals surface area contributed by atoms with Crippen LogP contribution in [0.25, 0.3) is 0 Å². The second-order valence-electron chi connectivity index (χ2n) is 13.8. The lowest BCUT2D eigenvalue weighted by molar-refractivity contribution is -0.134. The average molecular weight is 613 g/mol. The number of ether oxygens (including phenoxy) is 2. The number of carbonyl (C=O) groups is 3. The molecule has 0 saturated carbocycles. The van der Waals surface area contributed by atoms with Crippen molar-refractivity contribution in [3.05, 3.63) is 23.3 Å². The topological polar surface area (TPSA) is 108 Å². The first-order valence-corrected chi connectivity index (χ1v) is 16.7. The van der Waals surface area contributed by atoms with Gasteiger partial charge in [-0.05, 0) is 58.8 Å². The number of hydrogen-bond donors (Lipinski definition) is 0. The molecule has 4 fully saturated rings. The molecule has 1 aromatic heterocycles. The monoisotopic (exact) mass is 612 g/mol. The quantitative estimate of drug-likeness (QED) is 0.438. The molecule has 11 nitrogen and oxygen atoms in total. The Kier molecular flexibility index (Phi) is 10.0. The van der Waals surface area contributed by atoms with E-state index in [4.69, 9.17) is 9.47 Å². The molecule has 3 amide bonds. The van der Waals surface area contributed by atoms with E-state index >= 15 is 0 Å². The average Bonchev–Trinajstić information content (AvgIpc) is 3.02. The molecule has 5 heterocycles. The summed E-state index contributed by atoms with van der Waals surface area (Å²) in [5, 5.41) is 0. The van der Waals surface area contributed by atoms with E-state index in [0.29, 0.717) is 50.1 Å². The molecule has 11 heteroatoms. The minimum Gasteiger partial charge on any atom is -0.453 e. The number of amides is 3. The van der Waals surface area contributed by atoms with E-state index in [2.05, 4.69) is 28.7 Å². The van der Waals surface area contributed by atoms with E-state index in [9.17, 15) is 14.4 Å². The first-order chi connectivity index (χ1) is 21.1. The predicted molar refractivity (Wildman–Crippen MR) is 166 cm³/mol. The van der Waals surface area contributed by atoms with E-state index in [-0.39, 0.29) is 23.6 Å². The lowest BCUT2D eigenvalue weighted by atomic mass is 9.74. The number of aryl methyl sites for hydroxylation is 2. The molecule has 0 N–H and O–H groups in total. The van der Waals surface area contributed by atoms with Crippen molar-refractivity contribution in [2.45, 2.75) is 96.6 Å². The van der Waals surface area contributed by atoms with Gasteiger partial charge in [0.1, 0.15) is 11.9 Å². The molecule has 1 unspecified atom stereocenters. The fourth-order valence-electron chi connectivity index (χ4n) is 8.03. The third-order valence-corrected chi connectivity index (χ3v) is 11.1. The van der Waals surface area contributed by atoms with Crippen LogP contribution in [0.3, 0.4) is 0 Å². The molecule has 244 valence electrons. The number of hydrogen-bond acceptors (Lipinski definition) is 8. The summed E-state index contributed by atoms with van der Waals surface area (Å²) >= 11 is 0. The summed E-state index contributed by atoms with van der Waals surface area (Å²) in [4.78, 5) is 55.4. The number of piperidine rings is 3. The molecule has 0 radical (unpaired) electrons. The minimum atomic E-state index is -0.400. The molecule has 4 saturated heterocycles. The Hall–Kier alpha value is -2.95. The molecule has 5 rings (SSSR count). The van der Waals surface area contributed by atoms with Crippen LogP contribution in [0.15, 0.2) is 6.33 Å². The maximum atomic E-state index is 13.4. The van der Waals surface area contributed by atoms with Gasteiger partial charge in [-0.3, -0.25) is 9.69 Å². The Bertz CT molecular complexity index is 1160. The zero-order valence-electron chi connectivity index (χ0n) is 27.5. The highest BCUT2D eigenvalue weighted by atomic mass is 16.6. The normalized spacial score (nSPS) is 24.3. The summed E-state index contributed by atoms with van der Waals surface area (Å²) in [6, 6.07) is 0. The summed E-state index contributed by atoms with van der Waals surface area (Å²) in [6.45, 7) is 14.3. The number of unbranched alkanes of at least 4 members (excludes halogenated alkanes) is 1. The number of aromatic nitrogens is 2. The summed E-state index contributed by atoms with van der Waals surface area (Å²) in [6.07, 6.45) is 9.69. The van der Waals surface area contributed by atoms with Crippen LogP contribution < -0.4 is 0 Å². The van der Waals surface area contributed by atoms with Crippen LogP contribution in [-0.2, 0) is 9.47 Å². The molecule has 0 bridgehead atoms. The van der Waals surface area contributed by atoms with Crippen molar-refractivity contribution < 1.29 is 23.9 Å². The minimum absolute atomic E-state index is 0.0123. The third kappa shape index (κ3) is 6.67. The van der Waals surface area contributed by atoms with Crippen molar-refractivity contribution in [3.63, 3.8) is 0 Å². The van der Waals surface area contributed by atoms with Crippen LogP contribution in [-0.4, -0.2) is 118 Å². The van der Waals surface area contributed by atoms with Crippen LogP contribution in [0.2, 0.25) is 0 Å². The summed E-state index contributed by atoms with van der Waals surface area (Å²) in [5.41, 5.74) is 1.72.